The highest BCUT2D eigenvalue weighted by Gasteiger charge is 2.11. The van der Waals surface area contributed by atoms with Crippen LogP contribution in [0.15, 0.2) is 30.3 Å². The molecule has 0 nitrogen and oxygen atoms in total. The molecule has 1 aromatic carbocycles. The SMILES string of the molecule is CCC(C)CCC(CCS)c1ccccc1. The molecule has 0 N–H and O–H groups in total. The molecule has 2 unspecified atom stereocenters. The van der Waals surface area contributed by atoms with Crippen molar-refractivity contribution in [3.63, 3.8) is 0 Å². The Bertz CT molecular complexity index is 268. The van der Waals surface area contributed by atoms with E-state index < -0.39 is 0 Å². The number of rotatable bonds is 7. The average molecular weight is 236 g/mol. The highest BCUT2D eigenvalue weighted by Crippen LogP contribution is 2.27. The lowest BCUT2D eigenvalue weighted by molar-refractivity contribution is 0.455. The van der Waals surface area contributed by atoms with Crippen molar-refractivity contribution in [2.75, 3.05) is 5.75 Å². The topological polar surface area (TPSA) is 0 Å². The van der Waals surface area contributed by atoms with E-state index in [2.05, 4.69) is 56.8 Å². The maximum Gasteiger partial charge on any atom is -0.00921 e. The maximum atomic E-state index is 4.38. The molecule has 1 rings (SSSR count). The van der Waals surface area contributed by atoms with Gasteiger partial charge in [-0.15, -0.1) is 0 Å². The van der Waals surface area contributed by atoms with Gasteiger partial charge in [0.2, 0.25) is 0 Å². The Hall–Kier alpha value is -0.430. The van der Waals surface area contributed by atoms with Crippen molar-refractivity contribution in [3.8, 4) is 0 Å². The smallest absolute Gasteiger partial charge is 0.00921 e. The molecule has 16 heavy (non-hydrogen) atoms. The summed E-state index contributed by atoms with van der Waals surface area (Å²) < 4.78 is 0. The molecule has 0 fully saturated rings. The van der Waals surface area contributed by atoms with Crippen LogP contribution in [0.25, 0.3) is 0 Å². The first-order chi connectivity index (χ1) is 7.77. The van der Waals surface area contributed by atoms with Crippen LogP contribution in [0.2, 0.25) is 0 Å². The maximum absolute atomic E-state index is 4.38. The molecule has 90 valence electrons. The molecule has 0 saturated carbocycles. The number of hydrogen-bond acceptors (Lipinski definition) is 1. The molecular weight excluding hydrogens is 212 g/mol. The van der Waals surface area contributed by atoms with Crippen LogP contribution >= 0.6 is 12.6 Å². The zero-order valence-electron chi connectivity index (χ0n) is 10.5. The number of thiol groups is 1. The largest absolute Gasteiger partial charge is 0.179 e. The van der Waals surface area contributed by atoms with E-state index in [4.69, 9.17) is 0 Å². The monoisotopic (exact) mass is 236 g/mol. The molecule has 0 amide bonds. The van der Waals surface area contributed by atoms with Gasteiger partial charge in [0.05, 0.1) is 0 Å². The summed E-state index contributed by atoms with van der Waals surface area (Å²) in [5, 5.41) is 0. The first-order valence-electron chi connectivity index (χ1n) is 6.43. The molecule has 1 aromatic rings. The van der Waals surface area contributed by atoms with Crippen LogP contribution in [-0.2, 0) is 0 Å². The fourth-order valence-corrected chi connectivity index (χ4v) is 2.36. The highest BCUT2D eigenvalue weighted by molar-refractivity contribution is 7.80. The minimum absolute atomic E-state index is 0.702. The van der Waals surface area contributed by atoms with Crippen LogP contribution in [0, 0.1) is 5.92 Å². The Balaban J connectivity index is 2.54. The lowest BCUT2D eigenvalue weighted by Gasteiger charge is -2.18. The zero-order valence-corrected chi connectivity index (χ0v) is 11.4. The van der Waals surface area contributed by atoms with E-state index in [9.17, 15) is 0 Å². The average Bonchev–Trinajstić information content (AvgIpc) is 2.35. The van der Waals surface area contributed by atoms with E-state index in [1.807, 2.05) is 0 Å². The third kappa shape index (κ3) is 4.61. The molecule has 0 bridgehead atoms. The standard InChI is InChI=1S/C15H24S/c1-3-13(2)9-10-15(11-12-16)14-7-5-4-6-8-14/h4-8,13,15-16H,3,9-12H2,1-2H3. The molecule has 0 aromatic heterocycles. The Kier molecular flexibility index (Phi) is 6.63. The van der Waals surface area contributed by atoms with Crippen LogP contribution in [0.1, 0.15) is 51.0 Å². The van der Waals surface area contributed by atoms with E-state index in [-0.39, 0.29) is 0 Å². The molecule has 0 aliphatic heterocycles. The fraction of sp³-hybridized carbons (Fsp3) is 0.600. The van der Waals surface area contributed by atoms with Crippen LogP contribution in [0.3, 0.4) is 0 Å². The van der Waals surface area contributed by atoms with Crippen molar-refractivity contribution < 1.29 is 0 Å². The van der Waals surface area contributed by atoms with Gasteiger partial charge in [-0.1, -0.05) is 57.0 Å². The van der Waals surface area contributed by atoms with Crippen LogP contribution < -0.4 is 0 Å². The summed E-state index contributed by atoms with van der Waals surface area (Å²) in [6, 6.07) is 10.9. The Labute approximate surface area is 106 Å². The molecule has 0 heterocycles. The zero-order chi connectivity index (χ0) is 11.8. The van der Waals surface area contributed by atoms with Gasteiger partial charge in [0, 0.05) is 0 Å². The van der Waals surface area contributed by atoms with Crippen molar-refractivity contribution in [1.82, 2.24) is 0 Å². The summed E-state index contributed by atoms with van der Waals surface area (Å²) in [4.78, 5) is 0. The second-order valence-electron chi connectivity index (χ2n) is 4.71. The summed E-state index contributed by atoms with van der Waals surface area (Å²) in [6.07, 6.45) is 5.13. The third-order valence-corrected chi connectivity index (χ3v) is 3.71. The minimum atomic E-state index is 0.702. The first kappa shape index (κ1) is 13.6. The van der Waals surface area contributed by atoms with Crippen LogP contribution in [0.4, 0.5) is 0 Å². The Morgan fingerprint density at radius 1 is 1.06 bits per heavy atom. The number of hydrogen-bond donors (Lipinski definition) is 1. The first-order valence-corrected chi connectivity index (χ1v) is 7.07. The highest BCUT2D eigenvalue weighted by atomic mass is 32.1. The van der Waals surface area contributed by atoms with Gasteiger partial charge >= 0.3 is 0 Å². The van der Waals surface area contributed by atoms with Gasteiger partial charge in [-0.05, 0) is 36.0 Å². The molecule has 0 aliphatic rings. The van der Waals surface area contributed by atoms with Gasteiger partial charge in [0.1, 0.15) is 0 Å². The van der Waals surface area contributed by atoms with E-state index >= 15 is 0 Å². The molecule has 0 spiro atoms. The van der Waals surface area contributed by atoms with Gasteiger partial charge in [-0.25, -0.2) is 0 Å². The van der Waals surface area contributed by atoms with E-state index in [1.165, 1.54) is 31.2 Å². The minimum Gasteiger partial charge on any atom is -0.179 e. The quantitative estimate of drug-likeness (QED) is 0.638. The third-order valence-electron chi connectivity index (χ3n) is 3.45. The van der Waals surface area contributed by atoms with E-state index in [0.29, 0.717) is 5.92 Å². The van der Waals surface area contributed by atoms with Gasteiger partial charge in [0.15, 0.2) is 0 Å². The Morgan fingerprint density at radius 3 is 2.31 bits per heavy atom. The van der Waals surface area contributed by atoms with Gasteiger partial charge in [-0.3, -0.25) is 0 Å². The van der Waals surface area contributed by atoms with E-state index in [0.717, 1.165) is 11.7 Å². The van der Waals surface area contributed by atoms with Crippen molar-refractivity contribution in [2.24, 2.45) is 5.92 Å². The van der Waals surface area contributed by atoms with Crippen molar-refractivity contribution in [1.29, 1.82) is 0 Å². The summed E-state index contributed by atoms with van der Waals surface area (Å²) in [6.45, 7) is 4.63. The Morgan fingerprint density at radius 2 is 1.75 bits per heavy atom. The molecule has 0 aliphatic carbocycles. The molecule has 0 saturated heterocycles. The molecule has 2 atom stereocenters. The van der Waals surface area contributed by atoms with Crippen molar-refractivity contribution in [2.45, 2.75) is 45.4 Å². The van der Waals surface area contributed by atoms with Gasteiger partial charge < -0.3 is 0 Å². The van der Waals surface area contributed by atoms with Crippen LogP contribution in [-0.4, -0.2) is 5.75 Å². The van der Waals surface area contributed by atoms with Crippen molar-refractivity contribution in [3.05, 3.63) is 35.9 Å². The van der Waals surface area contributed by atoms with Crippen molar-refractivity contribution >= 4 is 12.6 Å². The van der Waals surface area contributed by atoms with E-state index in [1.54, 1.807) is 0 Å². The van der Waals surface area contributed by atoms with Gasteiger partial charge in [-0.2, -0.15) is 12.6 Å². The molecule has 1 heteroatoms. The fourth-order valence-electron chi connectivity index (χ4n) is 2.05. The summed E-state index contributed by atoms with van der Waals surface area (Å²) in [5.74, 6) is 2.54. The van der Waals surface area contributed by atoms with Gasteiger partial charge in [0.25, 0.3) is 0 Å². The lowest BCUT2D eigenvalue weighted by atomic mass is 9.88. The second kappa shape index (κ2) is 7.78. The predicted molar refractivity (Wildman–Crippen MR) is 76.3 cm³/mol. The number of benzene rings is 1. The normalized spacial score (nSPS) is 14.7. The lowest BCUT2D eigenvalue weighted by Crippen LogP contribution is -2.03. The summed E-state index contributed by atoms with van der Waals surface area (Å²) >= 11 is 4.38. The predicted octanol–water partition coefficient (Wildman–Crippen LogP) is 4.92. The summed E-state index contributed by atoms with van der Waals surface area (Å²) in [5.41, 5.74) is 1.49. The van der Waals surface area contributed by atoms with Crippen LogP contribution in [0.5, 0.6) is 0 Å². The summed E-state index contributed by atoms with van der Waals surface area (Å²) in [7, 11) is 0. The molecule has 0 radical (unpaired) electrons. The second-order valence-corrected chi connectivity index (χ2v) is 5.16. The molecular formula is C15H24S.